The number of nitrogens with zero attached hydrogens (tertiary/aromatic N) is 1. The molecule has 0 saturated carbocycles. The summed E-state index contributed by atoms with van der Waals surface area (Å²) in [5.41, 5.74) is 2.70. The van der Waals surface area contributed by atoms with Crippen molar-refractivity contribution in [2.45, 2.75) is 52.0 Å². The third kappa shape index (κ3) is 3.33. The van der Waals surface area contributed by atoms with E-state index in [4.69, 9.17) is 4.74 Å². The lowest BCUT2D eigenvalue weighted by molar-refractivity contribution is -0.128. The van der Waals surface area contributed by atoms with Gasteiger partial charge in [-0.3, -0.25) is 9.69 Å². The molecule has 4 nitrogen and oxygen atoms in total. The van der Waals surface area contributed by atoms with Gasteiger partial charge in [-0.1, -0.05) is 24.3 Å². The number of morpholine rings is 1. The van der Waals surface area contributed by atoms with E-state index in [-0.39, 0.29) is 30.1 Å². The topological polar surface area (TPSA) is 41.6 Å². The van der Waals surface area contributed by atoms with Crippen LogP contribution in [0.2, 0.25) is 0 Å². The van der Waals surface area contributed by atoms with Crippen LogP contribution in [0.4, 0.5) is 0 Å². The monoisotopic (exact) mass is 302 g/mol. The summed E-state index contributed by atoms with van der Waals surface area (Å²) in [6, 6.07) is 8.71. The van der Waals surface area contributed by atoms with E-state index in [1.165, 1.54) is 11.1 Å². The smallest absolute Gasteiger partial charge is 0.226 e. The zero-order chi connectivity index (χ0) is 15.7. The minimum Gasteiger partial charge on any atom is -0.371 e. The average Bonchev–Trinajstić information content (AvgIpc) is 2.76. The Morgan fingerprint density at radius 1 is 1.36 bits per heavy atom. The van der Waals surface area contributed by atoms with Gasteiger partial charge >= 0.3 is 0 Å². The Labute approximate surface area is 132 Å². The fourth-order valence-corrected chi connectivity index (χ4v) is 3.56. The van der Waals surface area contributed by atoms with Crippen LogP contribution >= 0.6 is 0 Å². The number of nitrogens with one attached hydrogen (secondary N) is 1. The van der Waals surface area contributed by atoms with Crippen molar-refractivity contribution in [1.82, 2.24) is 10.2 Å². The van der Waals surface area contributed by atoms with Crippen molar-refractivity contribution in [3.05, 3.63) is 35.4 Å². The predicted molar refractivity (Wildman–Crippen MR) is 86.5 cm³/mol. The summed E-state index contributed by atoms with van der Waals surface area (Å²) in [6.45, 7) is 8.89. The maximum Gasteiger partial charge on any atom is 0.226 e. The Balaban J connectivity index is 1.63. The molecule has 0 spiro atoms. The Hall–Kier alpha value is -1.39. The lowest BCUT2D eigenvalue weighted by Gasteiger charge is -2.33. The van der Waals surface area contributed by atoms with Gasteiger partial charge in [-0.15, -0.1) is 0 Å². The van der Waals surface area contributed by atoms with Gasteiger partial charge in [0.2, 0.25) is 5.91 Å². The van der Waals surface area contributed by atoms with Crippen molar-refractivity contribution in [1.29, 1.82) is 0 Å². The number of rotatable bonds is 4. The first-order valence-corrected chi connectivity index (χ1v) is 8.25. The van der Waals surface area contributed by atoms with Crippen molar-refractivity contribution in [3.8, 4) is 0 Å². The number of carbonyl (C=O) groups excluding carboxylic acids is 1. The van der Waals surface area contributed by atoms with Crippen LogP contribution in [0.3, 0.4) is 0 Å². The number of carbonyl (C=O) groups is 1. The number of aryl methyl sites for hydroxylation is 1. The first-order chi connectivity index (χ1) is 10.5. The minimum atomic E-state index is 0.00858. The molecule has 0 aromatic heterocycles. The summed E-state index contributed by atoms with van der Waals surface area (Å²) in [5.74, 6) is 0.162. The molecule has 2 aliphatic rings. The lowest BCUT2D eigenvalue weighted by Crippen LogP contribution is -2.45. The molecule has 2 heterocycles. The first-order valence-electron chi connectivity index (χ1n) is 8.25. The van der Waals surface area contributed by atoms with E-state index in [0.717, 1.165) is 26.1 Å². The number of amides is 1. The third-order valence-corrected chi connectivity index (χ3v) is 4.66. The van der Waals surface area contributed by atoms with Crippen molar-refractivity contribution < 1.29 is 9.53 Å². The van der Waals surface area contributed by atoms with Gasteiger partial charge in [0.05, 0.1) is 18.1 Å². The first kappa shape index (κ1) is 15.5. The second-order valence-electron chi connectivity index (χ2n) is 6.92. The van der Waals surface area contributed by atoms with E-state index in [9.17, 15) is 4.79 Å². The highest BCUT2D eigenvalue weighted by molar-refractivity contribution is 5.80. The number of fused-ring (bicyclic) bond motifs is 2. The normalized spacial score (nSPS) is 28.1. The number of hydrogen-bond donors (Lipinski definition) is 1. The highest BCUT2D eigenvalue weighted by atomic mass is 16.5. The Kier molecular flexibility index (Phi) is 4.50. The van der Waals surface area contributed by atoms with Crippen LogP contribution < -0.4 is 5.32 Å². The van der Waals surface area contributed by atoms with Crippen LogP contribution in [0.5, 0.6) is 0 Å². The fraction of sp³-hybridized carbons (Fsp3) is 0.611. The molecule has 0 unspecified atom stereocenters. The van der Waals surface area contributed by atoms with E-state index in [1.54, 1.807) is 0 Å². The van der Waals surface area contributed by atoms with E-state index >= 15 is 0 Å². The van der Waals surface area contributed by atoms with Gasteiger partial charge in [0.15, 0.2) is 0 Å². The van der Waals surface area contributed by atoms with Crippen LogP contribution in [-0.4, -0.2) is 42.1 Å². The van der Waals surface area contributed by atoms with Crippen LogP contribution in [0, 0.1) is 12.8 Å². The number of hydrogen-bond acceptors (Lipinski definition) is 3. The third-order valence-electron chi connectivity index (χ3n) is 4.66. The quantitative estimate of drug-likeness (QED) is 0.926. The van der Waals surface area contributed by atoms with Crippen LogP contribution in [0.15, 0.2) is 24.3 Å². The van der Waals surface area contributed by atoms with Crippen molar-refractivity contribution in [2.75, 3.05) is 13.1 Å². The summed E-state index contributed by atoms with van der Waals surface area (Å²) in [7, 11) is 0. The Morgan fingerprint density at radius 2 is 2.14 bits per heavy atom. The molecule has 1 aromatic rings. The molecule has 3 rings (SSSR count). The van der Waals surface area contributed by atoms with E-state index in [2.05, 4.69) is 41.4 Å². The SMILES string of the molecule is Cc1ccccc1CN1C[C@@H]2C[C@@H](C(=O)NC(C)C)[C@H](C1)O2. The highest BCUT2D eigenvalue weighted by Crippen LogP contribution is 2.33. The maximum absolute atomic E-state index is 12.3. The Morgan fingerprint density at radius 3 is 2.86 bits per heavy atom. The van der Waals surface area contributed by atoms with Gasteiger partial charge in [-0.25, -0.2) is 0 Å². The van der Waals surface area contributed by atoms with Crippen molar-refractivity contribution in [3.63, 3.8) is 0 Å². The molecular weight excluding hydrogens is 276 g/mol. The molecule has 2 fully saturated rings. The molecule has 22 heavy (non-hydrogen) atoms. The highest BCUT2D eigenvalue weighted by Gasteiger charge is 2.44. The molecule has 2 saturated heterocycles. The van der Waals surface area contributed by atoms with Gasteiger partial charge in [0.25, 0.3) is 0 Å². The van der Waals surface area contributed by atoms with Gasteiger partial charge in [-0.2, -0.15) is 0 Å². The molecule has 3 atom stereocenters. The van der Waals surface area contributed by atoms with Gasteiger partial charge in [0.1, 0.15) is 0 Å². The zero-order valence-electron chi connectivity index (χ0n) is 13.7. The standard InChI is InChI=1S/C18H26N2O2/c1-12(2)19-18(21)16-8-15-10-20(11-17(16)22-15)9-14-7-5-4-6-13(14)3/h4-7,12,15-17H,8-11H2,1-3H3,(H,19,21)/t15-,16+,17-/m0/s1. The van der Waals surface area contributed by atoms with Gasteiger partial charge in [-0.05, 0) is 38.3 Å². The fourth-order valence-electron chi connectivity index (χ4n) is 3.56. The molecule has 4 heteroatoms. The largest absolute Gasteiger partial charge is 0.371 e. The van der Waals surface area contributed by atoms with Crippen LogP contribution in [-0.2, 0) is 16.1 Å². The molecular formula is C18H26N2O2. The van der Waals surface area contributed by atoms with Gasteiger partial charge in [0, 0.05) is 25.7 Å². The lowest BCUT2D eigenvalue weighted by atomic mass is 9.99. The van der Waals surface area contributed by atoms with Crippen molar-refractivity contribution in [2.24, 2.45) is 5.92 Å². The summed E-state index contributed by atoms with van der Waals surface area (Å²) >= 11 is 0. The van der Waals surface area contributed by atoms with E-state index in [0.29, 0.717) is 0 Å². The summed E-state index contributed by atoms with van der Waals surface area (Å²) < 4.78 is 6.01. The molecule has 0 aliphatic carbocycles. The molecule has 2 aliphatic heterocycles. The number of ether oxygens (including phenoxy) is 1. The zero-order valence-corrected chi connectivity index (χ0v) is 13.7. The second-order valence-corrected chi connectivity index (χ2v) is 6.92. The number of benzene rings is 1. The van der Waals surface area contributed by atoms with Crippen molar-refractivity contribution >= 4 is 5.91 Å². The molecule has 1 aromatic carbocycles. The molecule has 1 amide bonds. The molecule has 120 valence electrons. The molecule has 0 radical (unpaired) electrons. The van der Waals surface area contributed by atoms with Crippen LogP contribution in [0.25, 0.3) is 0 Å². The molecule has 1 N–H and O–H groups in total. The molecule has 2 bridgehead atoms. The van der Waals surface area contributed by atoms with Gasteiger partial charge < -0.3 is 10.1 Å². The summed E-state index contributed by atoms with van der Waals surface area (Å²) in [6.07, 6.45) is 1.10. The second kappa shape index (κ2) is 6.39. The van der Waals surface area contributed by atoms with Crippen LogP contribution in [0.1, 0.15) is 31.4 Å². The summed E-state index contributed by atoms with van der Waals surface area (Å²) in [4.78, 5) is 14.7. The number of likely N-dealkylation sites (tertiary alicyclic amines) is 1. The minimum absolute atomic E-state index is 0.00858. The van der Waals surface area contributed by atoms with E-state index < -0.39 is 0 Å². The predicted octanol–water partition coefficient (Wildman–Crippen LogP) is 2.11. The maximum atomic E-state index is 12.3. The summed E-state index contributed by atoms with van der Waals surface area (Å²) in [5, 5.41) is 3.03. The van der Waals surface area contributed by atoms with E-state index in [1.807, 2.05) is 13.8 Å². The Bertz CT molecular complexity index is 544. The average molecular weight is 302 g/mol.